The Bertz CT molecular complexity index is 1120. The van der Waals surface area contributed by atoms with Gasteiger partial charge in [-0.25, -0.2) is 0 Å². The molecule has 0 saturated carbocycles. The van der Waals surface area contributed by atoms with E-state index in [1.807, 2.05) is 19.9 Å². The average Bonchev–Trinajstić information content (AvgIpc) is 2.89. The van der Waals surface area contributed by atoms with E-state index in [0.29, 0.717) is 22.3 Å². The number of hydrogen-bond donors (Lipinski definition) is 1. The van der Waals surface area contributed by atoms with Crippen LogP contribution in [0, 0.1) is 13.8 Å². The lowest BCUT2D eigenvalue weighted by Crippen LogP contribution is -2.05. The second-order valence-corrected chi connectivity index (χ2v) is 7.21. The van der Waals surface area contributed by atoms with Gasteiger partial charge in [0, 0.05) is 16.8 Å². The minimum atomic E-state index is -4.51. The molecule has 152 valence electrons. The first-order valence-corrected chi connectivity index (χ1v) is 9.03. The molecule has 0 amide bonds. The van der Waals surface area contributed by atoms with E-state index in [0.717, 1.165) is 23.3 Å². The molecule has 1 N–H and O–H groups in total. The summed E-state index contributed by atoms with van der Waals surface area (Å²) in [5, 5.41) is 11.4. The van der Waals surface area contributed by atoms with Gasteiger partial charge in [-0.05, 0) is 63.1 Å². The molecule has 0 unspecified atom stereocenters. The molecule has 7 heteroatoms. The molecular weight excluding hydrogens is 381 g/mol. The summed E-state index contributed by atoms with van der Waals surface area (Å²) < 4.78 is 41.4. The van der Waals surface area contributed by atoms with Crippen molar-refractivity contribution < 1.29 is 23.1 Å². The molecule has 29 heavy (non-hydrogen) atoms. The molecule has 3 aromatic rings. The van der Waals surface area contributed by atoms with Gasteiger partial charge in [-0.3, -0.25) is 14.4 Å². The number of benzene rings is 2. The SMILES string of the molecule is CC(=O)CN=C(C)c1c(O)n(-c2cc(C)cc(C)c2)c2cc(C(F)(F)F)ccc12. The largest absolute Gasteiger partial charge is 0.494 e. The molecule has 4 nitrogen and oxygen atoms in total. The van der Waals surface area contributed by atoms with Crippen LogP contribution in [-0.4, -0.2) is 27.7 Å². The minimum absolute atomic E-state index is 0.0673. The van der Waals surface area contributed by atoms with Crippen molar-refractivity contribution in [1.29, 1.82) is 0 Å². The number of Topliss-reactive ketones (excluding diaryl/α,β-unsaturated/α-hetero) is 1. The fourth-order valence-electron chi connectivity index (χ4n) is 3.46. The van der Waals surface area contributed by atoms with Crippen molar-refractivity contribution in [3.05, 3.63) is 58.7 Å². The van der Waals surface area contributed by atoms with E-state index in [1.165, 1.54) is 17.6 Å². The molecule has 0 saturated heterocycles. The molecule has 2 aromatic carbocycles. The summed E-state index contributed by atoms with van der Waals surface area (Å²) in [6, 6.07) is 8.85. The number of aromatic hydroxyl groups is 1. The lowest BCUT2D eigenvalue weighted by molar-refractivity contribution is -0.137. The van der Waals surface area contributed by atoms with Crippen molar-refractivity contribution in [2.45, 2.75) is 33.9 Å². The topological polar surface area (TPSA) is 54.6 Å². The van der Waals surface area contributed by atoms with Crippen molar-refractivity contribution in [2.24, 2.45) is 4.99 Å². The highest BCUT2D eigenvalue weighted by Gasteiger charge is 2.32. The Kier molecular flexibility index (Phi) is 5.26. The number of ketones is 1. The summed E-state index contributed by atoms with van der Waals surface area (Å²) in [7, 11) is 0. The standard InChI is InChI=1S/C22H21F3N2O2/c1-12-7-13(2)9-17(8-12)27-19-10-16(22(23,24)25)5-6-18(19)20(21(27)29)15(4)26-11-14(3)28/h5-10,29H,11H2,1-4H3. The van der Waals surface area contributed by atoms with Crippen molar-refractivity contribution in [2.75, 3.05) is 6.54 Å². The van der Waals surface area contributed by atoms with Crippen molar-refractivity contribution in [3.63, 3.8) is 0 Å². The molecular formula is C22H21F3N2O2. The maximum absolute atomic E-state index is 13.3. The Hall–Kier alpha value is -3.09. The molecule has 0 aliphatic heterocycles. The monoisotopic (exact) mass is 402 g/mol. The molecule has 0 bridgehead atoms. The molecule has 3 rings (SSSR count). The van der Waals surface area contributed by atoms with Crippen LogP contribution in [0.25, 0.3) is 16.6 Å². The lowest BCUT2D eigenvalue weighted by atomic mass is 10.1. The zero-order chi connectivity index (χ0) is 21.5. The van der Waals surface area contributed by atoms with Crippen molar-refractivity contribution in [3.8, 4) is 11.6 Å². The maximum atomic E-state index is 13.3. The molecule has 0 atom stereocenters. The second-order valence-electron chi connectivity index (χ2n) is 7.21. The van der Waals surface area contributed by atoms with Gasteiger partial charge >= 0.3 is 6.18 Å². The van der Waals surface area contributed by atoms with E-state index in [2.05, 4.69) is 4.99 Å². The number of halogens is 3. The van der Waals surface area contributed by atoms with Crippen LogP contribution in [-0.2, 0) is 11.0 Å². The quantitative estimate of drug-likeness (QED) is 0.597. The Morgan fingerprint density at radius 1 is 1.07 bits per heavy atom. The summed E-state index contributed by atoms with van der Waals surface area (Å²) in [4.78, 5) is 15.5. The normalized spacial score (nSPS) is 12.6. The molecule has 1 heterocycles. The number of fused-ring (bicyclic) bond motifs is 1. The van der Waals surface area contributed by atoms with Crippen molar-refractivity contribution >= 4 is 22.4 Å². The van der Waals surface area contributed by atoms with Crippen molar-refractivity contribution in [1.82, 2.24) is 4.57 Å². The predicted octanol–water partition coefficient (Wildman–Crippen LogP) is 5.37. The van der Waals surface area contributed by atoms with Gasteiger partial charge in [0.1, 0.15) is 0 Å². The Morgan fingerprint density at radius 3 is 2.24 bits per heavy atom. The second kappa shape index (κ2) is 7.39. The van der Waals surface area contributed by atoms with Crippen LogP contribution in [0.15, 0.2) is 41.4 Å². The van der Waals surface area contributed by atoms with Crippen LogP contribution < -0.4 is 0 Å². The summed E-state index contributed by atoms with van der Waals surface area (Å²) >= 11 is 0. The fourth-order valence-corrected chi connectivity index (χ4v) is 3.46. The molecule has 0 aliphatic rings. The number of carbonyl (C=O) groups excluding carboxylic acids is 1. The van der Waals surface area contributed by atoms with Crippen LogP contribution in [0.3, 0.4) is 0 Å². The zero-order valence-corrected chi connectivity index (χ0v) is 16.6. The van der Waals surface area contributed by atoms with E-state index in [9.17, 15) is 23.1 Å². The number of nitrogens with zero attached hydrogens (tertiary/aromatic N) is 2. The average molecular weight is 402 g/mol. The number of aryl methyl sites for hydroxylation is 2. The number of alkyl halides is 3. The molecule has 1 aromatic heterocycles. The highest BCUT2D eigenvalue weighted by molar-refractivity contribution is 6.13. The summed E-state index contributed by atoms with van der Waals surface area (Å²) in [6.07, 6.45) is -4.51. The van der Waals surface area contributed by atoms with Crippen LogP contribution in [0.4, 0.5) is 13.2 Å². The van der Waals surface area contributed by atoms with E-state index < -0.39 is 11.7 Å². The highest BCUT2D eigenvalue weighted by Crippen LogP contribution is 2.39. The Balaban J connectivity index is 2.37. The number of carbonyl (C=O) groups is 1. The van der Waals surface area contributed by atoms with Gasteiger partial charge in [-0.15, -0.1) is 0 Å². The van der Waals surface area contributed by atoms with E-state index in [4.69, 9.17) is 0 Å². The lowest BCUT2D eigenvalue weighted by Gasteiger charge is -2.11. The van der Waals surface area contributed by atoms with Crippen LogP contribution >= 0.6 is 0 Å². The number of aliphatic imine (C=N–C) groups is 1. The van der Waals surface area contributed by atoms with E-state index in [-0.39, 0.29) is 23.7 Å². The van der Waals surface area contributed by atoms with Crippen LogP contribution in [0.5, 0.6) is 5.88 Å². The Morgan fingerprint density at radius 2 is 1.69 bits per heavy atom. The molecule has 0 spiro atoms. The minimum Gasteiger partial charge on any atom is -0.494 e. The maximum Gasteiger partial charge on any atom is 0.416 e. The summed E-state index contributed by atoms with van der Waals surface area (Å²) in [5.74, 6) is -0.365. The third-order valence-corrected chi connectivity index (χ3v) is 4.64. The third kappa shape index (κ3) is 4.04. The van der Waals surface area contributed by atoms with Gasteiger partial charge < -0.3 is 5.11 Å². The first-order valence-electron chi connectivity index (χ1n) is 9.03. The van der Waals surface area contributed by atoms with Gasteiger partial charge in [0.05, 0.1) is 23.2 Å². The smallest absolute Gasteiger partial charge is 0.416 e. The van der Waals surface area contributed by atoms with Gasteiger partial charge in [0.25, 0.3) is 0 Å². The molecule has 0 fully saturated rings. The van der Waals surface area contributed by atoms with Gasteiger partial charge in [-0.2, -0.15) is 13.2 Å². The summed E-state index contributed by atoms with van der Waals surface area (Å²) in [5.41, 5.74) is 2.48. The molecule has 0 aliphatic carbocycles. The number of hydrogen-bond acceptors (Lipinski definition) is 3. The number of aromatic nitrogens is 1. The van der Waals surface area contributed by atoms with Gasteiger partial charge in [0.15, 0.2) is 5.78 Å². The zero-order valence-electron chi connectivity index (χ0n) is 16.6. The van der Waals surface area contributed by atoms with Gasteiger partial charge in [0.2, 0.25) is 5.88 Å². The van der Waals surface area contributed by atoms with E-state index >= 15 is 0 Å². The predicted molar refractivity (Wildman–Crippen MR) is 107 cm³/mol. The fraction of sp³-hybridized carbons (Fsp3) is 0.273. The van der Waals surface area contributed by atoms with Crippen LogP contribution in [0.2, 0.25) is 0 Å². The first-order chi connectivity index (χ1) is 13.5. The summed E-state index contributed by atoms with van der Waals surface area (Å²) in [6.45, 7) is 6.70. The molecule has 0 radical (unpaired) electrons. The van der Waals surface area contributed by atoms with Crippen LogP contribution in [0.1, 0.15) is 36.1 Å². The highest BCUT2D eigenvalue weighted by atomic mass is 19.4. The van der Waals surface area contributed by atoms with Gasteiger partial charge in [-0.1, -0.05) is 12.1 Å². The first kappa shape index (κ1) is 20.6. The number of rotatable bonds is 4. The van der Waals surface area contributed by atoms with E-state index in [1.54, 1.807) is 19.1 Å². The third-order valence-electron chi connectivity index (χ3n) is 4.64. The Labute approximate surface area is 166 Å².